The standard InChI is InChI=1S/C8H10.C6H8N2.C6H9N.C5H8N2.C5H7NS.5CH4/c1-7-4-3-5-8(2)6-7;1-5-3-4-7-6(2)8-5;1-6-3-4-7(2)5-6;1-5-3-7(2)4-6-5;1-4-3-7-5(2)6-4;;;;;/h3-6H,1-2H3;3-4H,1-2H3;3-5H,1-2H3;3-4H,1-2H3;3H,1-2H3;5*1H4. The van der Waals surface area contributed by atoms with E-state index in [1.54, 1.807) is 23.9 Å². The number of aromatic nitrogens is 6. The highest BCUT2D eigenvalue weighted by Crippen LogP contribution is 2.05. The van der Waals surface area contributed by atoms with Crippen LogP contribution in [0, 0.1) is 55.4 Å². The van der Waals surface area contributed by atoms with Gasteiger partial charge in [0, 0.05) is 55.7 Å². The van der Waals surface area contributed by atoms with Crippen molar-refractivity contribution in [2.45, 2.75) is 92.5 Å². The number of imidazole rings is 1. The highest BCUT2D eigenvalue weighted by Gasteiger charge is 1.86. The lowest BCUT2D eigenvalue weighted by molar-refractivity contribution is 0.913. The van der Waals surface area contributed by atoms with Crippen LogP contribution < -0.4 is 0 Å². The van der Waals surface area contributed by atoms with Crippen molar-refractivity contribution in [1.29, 1.82) is 0 Å². The van der Waals surface area contributed by atoms with Crippen molar-refractivity contribution in [2.75, 3.05) is 0 Å². The van der Waals surface area contributed by atoms with E-state index in [-0.39, 0.29) is 37.1 Å². The zero-order valence-corrected chi connectivity index (χ0v) is 24.8. The first kappa shape index (κ1) is 48.2. The third kappa shape index (κ3) is 24.2. The van der Waals surface area contributed by atoms with E-state index in [9.17, 15) is 0 Å². The fourth-order valence-corrected chi connectivity index (χ4v) is 3.63. The molecule has 238 valence electrons. The molecule has 5 aromatic rings. The van der Waals surface area contributed by atoms with Crippen LogP contribution in [0.3, 0.4) is 0 Å². The number of nitrogens with zero attached hydrogens (tertiary/aromatic N) is 6. The molecule has 4 aromatic heterocycles. The van der Waals surface area contributed by atoms with Gasteiger partial charge in [-0.15, -0.1) is 11.3 Å². The van der Waals surface area contributed by atoms with Crippen LogP contribution in [0.15, 0.2) is 72.9 Å². The van der Waals surface area contributed by atoms with Crippen LogP contribution in [0.4, 0.5) is 0 Å². The Labute approximate surface area is 264 Å². The molecular weight excluding hydrogens is 536 g/mol. The normalized spacial score (nSPS) is 8.24. The number of benzene rings is 1. The molecule has 0 atom stereocenters. The van der Waals surface area contributed by atoms with Crippen LogP contribution in [0.25, 0.3) is 0 Å². The molecule has 0 radical (unpaired) electrons. The van der Waals surface area contributed by atoms with Crippen molar-refractivity contribution in [3.63, 3.8) is 0 Å². The highest BCUT2D eigenvalue weighted by atomic mass is 32.1. The second-order valence-electron chi connectivity index (χ2n) is 8.95. The quantitative estimate of drug-likeness (QED) is 0.178. The third-order valence-corrected chi connectivity index (χ3v) is 5.53. The lowest BCUT2D eigenvalue weighted by Gasteiger charge is -1.90. The molecule has 1 aromatic carbocycles. The Balaban J connectivity index is -0.000000132. The van der Waals surface area contributed by atoms with Gasteiger partial charge in [0.2, 0.25) is 0 Å². The van der Waals surface area contributed by atoms with Crippen molar-refractivity contribution in [3.8, 4) is 0 Å². The van der Waals surface area contributed by atoms with E-state index in [1.165, 1.54) is 16.7 Å². The minimum atomic E-state index is 0. The molecule has 0 N–H and O–H groups in total. The summed E-state index contributed by atoms with van der Waals surface area (Å²) in [5.74, 6) is 0.838. The van der Waals surface area contributed by atoms with Gasteiger partial charge >= 0.3 is 0 Å². The summed E-state index contributed by atoms with van der Waals surface area (Å²) in [4.78, 5) is 16.1. The van der Waals surface area contributed by atoms with Crippen LogP contribution >= 0.6 is 11.3 Å². The van der Waals surface area contributed by atoms with Gasteiger partial charge < -0.3 is 9.13 Å². The predicted octanol–water partition coefficient (Wildman–Crippen LogP) is 10.4. The zero-order chi connectivity index (χ0) is 27.8. The summed E-state index contributed by atoms with van der Waals surface area (Å²) in [5, 5.41) is 3.20. The fraction of sp³-hybridized carbons (Fsp3) is 0.429. The van der Waals surface area contributed by atoms with E-state index in [4.69, 9.17) is 0 Å². The lowest BCUT2D eigenvalue weighted by Crippen LogP contribution is -1.86. The molecule has 0 bridgehead atoms. The van der Waals surface area contributed by atoms with Gasteiger partial charge in [-0.05, 0) is 73.1 Å². The van der Waals surface area contributed by atoms with Gasteiger partial charge in [0.15, 0.2) is 0 Å². The summed E-state index contributed by atoms with van der Waals surface area (Å²) >= 11 is 1.69. The molecule has 0 aliphatic carbocycles. The largest absolute Gasteiger partial charge is 0.357 e. The molecule has 0 aliphatic heterocycles. The first-order valence-corrected chi connectivity index (χ1v) is 13.0. The Bertz CT molecular complexity index is 1080. The molecule has 0 aliphatic rings. The fourth-order valence-electron chi connectivity index (χ4n) is 3.04. The molecule has 0 fully saturated rings. The van der Waals surface area contributed by atoms with E-state index >= 15 is 0 Å². The number of hydrogen-bond acceptors (Lipinski definition) is 5. The van der Waals surface area contributed by atoms with Gasteiger partial charge in [0.1, 0.15) is 5.82 Å². The van der Waals surface area contributed by atoms with E-state index in [1.807, 2.05) is 76.3 Å². The average Bonchev–Trinajstić information content (AvgIpc) is 3.50. The van der Waals surface area contributed by atoms with Crippen LogP contribution in [0.2, 0.25) is 0 Å². The minimum Gasteiger partial charge on any atom is -0.357 e. The topological polar surface area (TPSA) is 61.4 Å². The van der Waals surface area contributed by atoms with Gasteiger partial charge in [-0.3, -0.25) is 0 Å². The van der Waals surface area contributed by atoms with Crippen LogP contribution in [-0.4, -0.2) is 29.1 Å². The Morgan fingerprint density at radius 1 is 0.595 bits per heavy atom. The van der Waals surface area contributed by atoms with E-state index < -0.39 is 0 Å². The molecule has 0 spiro atoms. The summed E-state index contributed by atoms with van der Waals surface area (Å²) in [7, 11) is 3.98. The molecular formula is C35H62N6S. The molecule has 0 saturated heterocycles. The predicted molar refractivity (Wildman–Crippen MR) is 191 cm³/mol. The Hall–Kier alpha value is -3.58. The van der Waals surface area contributed by atoms with Gasteiger partial charge in [-0.2, -0.15) is 0 Å². The van der Waals surface area contributed by atoms with Crippen molar-refractivity contribution >= 4 is 11.3 Å². The SMILES string of the molecule is C.C.C.C.C.Cc1cccc(C)c1.Cc1ccn(C)c1.Cc1ccnc(C)n1.Cc1cn(C)cn1.Cc1csc(C)n1. The first-order chi connectivity index (χ1) is 17.4. The monoisotopic (exact) mass is 598 g/mol. The molecule has 0 saturated carbocycles. The maximum Gasteiger partial charge on any atom is 0.125 e. The van der Waals surface area contributed by atoms with Crippen LogP contribution in [0.5, 0.6) is 0 Å². The van der Waals surface area contributed by atoms with Crippen molar-refractivity contribution < 1.29 is 0 Å². The number of aryl methyl sites for hydroxylation is 10. The number of thiazole rings is 1. The van der Waals surface area contributed by atoms with Crippen LogP contribution in [-0.2, 0) is 14.1 Å². The summed E-state index contributed by atoms with van der Waals surface area (Å²) in [5.41, 5.74) is 7.22. The Morgan fingerprint density at radius 3 is 1.38 bits per heavy atom. The molecule has 0 amide bonds. The second kappa shape index (κ2) is 26.3. The van der Waals surface area contributed by atoms with Gasteiger partial charge in [0.25, 0.3) is 0 Å². The summed E-state index contributed by atoms with van der Waals surface area (Å²) in [6, 6.07) is 12.4. The second-order valence-corrected chi connectivity index (χ2v) is 10.0. The maximum atomic E-state index is 4.13. The minimum absolute atomic E-state index is 0. The van der Waals surface area contributed by atoms with E-state index in [0.29, 0.717) is 0 Å². The average molecular weight is 599 g/mol. The van der Waals surface area contributed by atoms with Gasteiger partial charge in [-0.1, -0.05) is 72.5 Å². The third-order valence-electron chi connectivity index (χ3n) is 4.64. The van der Waals surface area contributed by atoms with Gasteiger partial charge in [0.05, 0.1) is 17.0 Å². The Morgan fingerprint density at radius 2 is 1.19 bits per heavy atom. The van der Waals surface area contributed by atoms with Crippen molar-refractivity contribution in [2.24, 2.45) is 14.1 Å². The number of hydrogen-bond donors (Lipinski definition) is 0. The molecule has 5 rings (SSSR count). The van der Waals surface area contributed by atoms with E-state index in [0.717, 1.165) is 27.9 Å². The van der Waals surface area contributed by atoms with Crippen molar-refractivity contribution in [1.82, 2.24) is 29.1 Å². The molecule has 0 unspecified atom stereocenters. The summed E-state index contributed by atoms with van der Waals surface area (Å²) in [6.45, 7) is 16.1. The molecule has 7 heteroatoms. The smallest absolute Gasteiger partial charge is 0.125 e. The van der Waals surface area contributed by atoms with Crippen molar-refractivity contribution in [3.05, 3.63) is 117 Å². The van der Waals surface area contributed by atoms with Crippen LogP contribution in [0.1, 0.15) is 81.7 Å². The molecule has 6 nitrogen and oxygen atoms in total. The first-order valence-electron chi connectivity index (χ1n) is 12.2. The highest BCUT2D eigenvalue weighted by molar-refractivity contribution is 7.09. The Kier molecular flexibility index (Phi) is 30.2. The van der Waals surface area contributed by atoms with E-state index in [2.05, 4.69) is 82.6 Å². The molecule has 42 heavy (non-hydrogen) atoms. The van der Waals surface area contributed by atoms with Gasteiger partial charge in [-0.25, -0.2) is 19.9 Å². The number of rotatable bonds is 0. The maximum absolute atomic E-state index is 4.13. The zero-order valence-electron chi connectivity index (χ0n) is 24.0. The summed E-state index contributed by atoms with van der Waals surface area (Å²) in [6.07, 6.45) is 9.64. The summed E-state index contributed by atoms with van der Waals surface area (Å²) < 4.78 is 3.96. The lowest BCUT2D eigenvalue weighted by atomic mass is 10.2. The molecule has 4 heterocycles.